The van der Waals surface area contributed by atoms with E-state index in [2.05, 4.69) is 24.3 Å². The summed E-state index contributed by atoms with van der Waals surface area (Å²) < 4.78 is 0. The predicted octanol–water partition coefficient (Wildman–Crippen LogP) is 3.91. The molecule has 3 rings (SSSR count). The maximum atomic E-state index is 12.2. The molecule has 2 aromatic carbocycles. The summed E-state index contributed by atoms with van der Waals surface area (Å²) in [4.78, 5) is 12.2. The molecule has 0 saturated heterocycles. The Hall–Kier alpha value is -1.89. The Labute approximate surface area is 107 Å². The van der Waals surface area contributed by atoms with E-state index < -0.39 is 0 Å². The van der Waals surface area contributed by atoms with E-state index in [9.17, 15) is 4.79 Å². The first-order valence-corrected chi connectivity index (χ1v) is 6.42. The highest BCUT2D eigenvalue weighted by molar-refractivity contribution is 5.99. The lowest BCUT2D eigenvalue weighted by Crippen LogP contribution is -2.18. The zero-order valence-corrected chi connectivity index (χ0v) is 10.5. The van der Waals surface area contributed by atoms with E-state index in [0.29, 0.717) is 12.3 Å². The van der Waals surface area contributed by atoms with Crippen LogP contribution in [0.25, 0.3) is 0 Å². The van der Waals surface area contributed by atoms with Crippen molar-refractivity contribution in [3.05, 3.63) is 70.8 Å². The van der Waals surface area contributed by atoms with Gasteiger partial charge < -0.3 is 0 Å². The molecular formula is C17H16O. The number of hydrogen-bond donors (Lipinski definition) is 0. The van der Waals surface area contributed by atoms with Gasteiger partial charge in [-0.1, -0.05) is 48.0 Å². The van der Waals surface area contributed by atoms with E-state index in [0.717, 1.165) is 12.0 Å². The molecule has 90 valence electrons. The van der Waals surface area contributed by atoms with Gasteiger partial charge in [0.2, 0.25) is 0 Å². The van der Waals surface area contributed by atoms with Crippen LogP contribution in [-0.4, -0.2) is 5.78 Å². The molecule has 0 heterocycles. The first-order chi connectivity index (χ1) is 8.74. The molecule has 0 radical (unpaired) electrons. The molecule has 0 spiro atoms. The van der Waals surface area contributed by atoms with Crippen molar-refractivity contribution < 1.29 is 4.79 Å². The summed E-state index contributed by atoms with van der Waals surface area (Å²) in [5, 5.41) is 0. The minimum absolute atomic E-state index is 0.286. The van der Waals surface area contributed by atoms with Gasteiger partial charge in [0.1, 0.15) is 0 Å². The summed E-state index contributed by atoms with van der Waals surface area (Å²) in [5.41, 5.74) is 4.57. The molecule has 1 atom stereocenters. The molecule has 1 aliphatic rings. The molecule has 1 unspecified atom stereocenters. The standard InChI is InChI=1S/C17H16O/c1-12-7-8-14-10-15(11-17(18)16(14)9-12)13-5-3-2-4-6-13/h2-9,15H,10-11H2,1H3. The molecule has 0 amide bonds. The molecule has 2 aromatic rings. The second-order valence-corrected chi connectivity index (χ2v) is 5.10. The van der Waals surface area contributed by atoms with Gasteiger partial charge >= 0.3 is 0 Å². The zero-order chi connectivity index (χ0) is 12.5. The molecular weight excluding hydrogens is 220 g/mol. The van der Waals surface area contributed by atoms with Crippen molar-refractivity contribution in [2.45, 2.75) is 25.7 Å². The summed E-state index contributed by atoms with van der Waals surface area (Å²) >= 11 is 0. The van der Waals surface area contributed by atoms with E-state index >= 15 is 0 Å². The van der Waals surface area contributed by atoms with Crippen molar-refractivity contribution >= 4 is 5.78 Å². The van der Waals surface area contributed by atoms with Crippen molar-refractivity contribution in [1.29, 1.82) is 0 Å². The van der Waals surface area contributed by atoms with Crippen LogP contribution in [0.15, 0.2) is 48.5 Å². The van der Waals surface area contributed by atoms with Gasteiger partial charge in [0, 0.05) is 12.0 Å². The number of benzene rings is 2. The fourth-order valence-corrected chi connectivity index (χ4v) is 2.76. The Morgan fingerprint density at radius 1 is 1.00 bits per heavy atom. The number of carbonyl (C=O) groups is 1. The molecule has 0 bridgehead atoms. The Morgan fingerprint density at radius 2 is 1.78 bits per heavy atom. The summed E-state index contributed by atoms with van der Waals surface area (Å²) in [7, 11) is 0. The number of rotatable bonds is 1. The Bertz CT molecular complexity index is 584. The number of Topliss-reactive ketones (excluding diaryl/α,β-unsaturated/α-hetero) is 1. The second-order valence-electron chi connectivity index (χ2n) is 5.10. The smallest absolute Gasteiger partial charge is 0.163 e. The zero-order valence-electron chi connectivity index (χ0n) is 10.5. The van der Waals surface area contributed by atoms with Crippen molar-refractivity contribution in [2.75, 3.05) is 0 Å². The van der Waals surface area contributed by atoms with E-state index in [-0.39, 0.29) is 5.78 Å². The number of aryl methyl sites for hydroxylation is 1. The van der Waals surface area contributed by atoms with Crippen molar-refractivity contribution in [3.8, 4) is 0 Å². The van der Waals surface area contributed by atoms with Crippen molar-refractivity contribution in [3.63, 3.8) is 0 Å². The largest absolute Gasteiger partial charge is 0.294 e. The van der Waals surface area contributed by atoms with Crippen LogP contribution < -0.4 is 0 Å². The topological polar surface area (TPSA) is 17.1 Å². The highest BCUT2D eigenvalue weighted by Crippen LogP contribution is 2.32. The minimum Gasteiger partial charge on any atom is -0.294 e. The van der Waals surface area contributed by atoms with Gasteiger partial charge in [-0.2, -0.15) is 0 Å². The number of ketones is 1. The molecule has 0 N–H and O–H groups in total. The van der Waals surface area contributed by atoms with E-state index in [1.165, 1.54) is 16.7 Å². The second kappa shape index (κ2) is 4.41. The Kier molecular flexibility index (Phi) is 2.75. The number of carbonyl (C=O) groups excluding carboxylic acids is 1. The van der Waals surface area contributed by atoms with Crippen molar-refractivity contribution in [2.24, 2.45) is 0 Å². The fourth-order valence-electron chi connectivity index (χ4n) is 2.76. The van der Waals surface area contributed by atoms with E-state index in [1.807, 2.05) is 31.2 Å². The molecule has 0 aliphatic heterocycles. The quantitative estimate of drug-likeness (QED) is 0.733. The minimum atomic E-state index is 0.286. The summed E-state index contributed by atoms with van der Waals surface area (Å²) in [6.45, 7) is 2.04. The van der Waals surface area contributed by atoms with E-state index in [1.54, 1.807) is 0 Å². The van der Waals surface area contributed by atoms with Crippen molar-refractivity contribution in [1.82, 2.24) is 0 Å². The lowest BCUT2D eigenvalue weighted by Gasteiger charge is -2.24. The normalized spacial score (nSPS) is 18.5. The van der Waals surface area contributed by atoms with Gasteiger partial charge in [0.05, 0.1) is 0 Å². The highest BCUT2D eigenvalue weighted by atomic mass is 16.1. The Morgan fingerprint density at radius 3 is 2.56 bits per heavy atom. The van der Waals surface area contributed by atoms with Crippen LogP contribution >= 0.6 is 0 Å². The summed E-state index contributed by atoms with van der Waals surface area (Å²) in [6.07, 6.45) is 1.62. The summed E-state index contributed by atoms with van der Waals surface area (Å²) in [5.74, 6) is 0.628. The molecule has 1 aliphatic carbocycles. The average molecular weight is 236 g/mol. The fraction of sp³-hybridized carbons (Fsp3) is 0.235. The molecule has 1 heteroatoms. The lowest BCUT2D eigenvalue weighted by atomic mass is 9.79. The van der Waals surface area contributed by atoms with E-state index in [4.69, 9.17) is 0 Å². The SMILES string of the molecule is Cc1ccc2c(c1)C(=O)CC(c1ccccc1)C2. The van der Waals surface area contributed by atoms with Gasteiger partial charge in [-0.3, -0.25) is 4.79 Å². The molecule has 0 saturated carbocycles. The van der Waals surface area contributed by atoms with Crippen LogP contribution in [0.4, 0.5) is 0 Å². The third-order valence-corrected chi connectivity index (χ3v) is 3.73. The molecule has 18 heavy (non-hydrogen) atoms. The Balaban J connectivity index is 1.97. The predicted molar refractivity (Wildman–Crippen MR) is 73.0 cm³/mol. The van der Waals surface area contributed by atoms with Crippen LogP contribution in [0, 0.1) is 6.92 Å². The average Bonchev–Trinajstić information content (AvgIpc) is 2.40. The highest BCUT2D eigenvalue weighted by Gasteiger charge is 2.25. The van der Waals surface area contributed by atoms with Gasteiger partial charge in [-0.05, 0) is 36.5 Å². The van der Waals surface area contributed by atoms with Crippen LogP contribution in [0.3, 0.4) is 0 Å². The number of fused-ring (bicyclic) bond motifs is 1. The van der Waals surface area contributed by atoms with Crippen LogP contribution in [0.1, 0.15) is 39.4 Å². The lowest BCUT2D eigenvalue weighted by molar-refractivity contribution is 0.0964. The molecule has 1 nitrogen and oxygen atoms in total. The molecule has 0 aromatic heterocycles. The first-order valence-electron chi connectivity index (χ1n) is 6.42. The van der Waals surface area contributed by atoms with Gasteiger partial charge in [0.25, 0.3) is 0 Å². The van der Waals surface area contributed by atoms with Crippen LogP contribution in [0.5, 0.6) is 0 Å². The maximum Gasteiger partial charge on any atom is 0.163 e. The monoisotopic (exact) mass is 236 g/mol. The van der Waals surface area contributed by atoms with Crippen LogP contribution in [-0.2, 0) is 6.42 Å². The van der Waals surface area contributed by atoms with Crippen LogP contribution in [0.2, 0.25) is 0 Å². The number of hydrogen-bond acceptors (Lipinski definition) is 1. The third kappa shape index (κ3) is 1.97. The summed E-state index contributed by atoms with van der Waals surface area (Å²) in [6, 6.07) is 16.6. The third-order valence-electron chi connectivity index (χ3n) is 3.73. The maximum absolute atomic E-state index is 12.2. The molecule has 0 fully saturated rings. The van der Waals surface area contributed by atoms with Gasteiger partial charge in [0.15, 0.2) is 5.78 Å². The van der Waals surface area contributed by atoms with Gasteiger partial charge in [-0.25, -0.2) is 0 Å². The first kappa shape index (κ1) is 11.2. The van der Waals surface area contributed by atoms with Gasteiger partial charge in [-0.15, -0.1) is 0 Å².